The van der Waals surface area contributed by atoms with Crippen molar-refractivity contribution >= 4 is 5.91 Å². The lowest BCUT2D eigenvalue weighted by Crippen LogP contribution is -2.50. The summed E-state index contributed by atoms with van der Waals surface area (Å²) in [5.74, 6) is 0.554. The molecule has 0 spiro atoms. The first-order valence-electron chi connectivity index (χ1n) is 7.45. The Morgan fingerprint density at radius 1 is 1.42 bits per heavy atom. The average molecular weight is 270 g/mol. The molecule has 0 aromatic carbocycles. The maximum atomic E-state index is 11.9. The molecule has 1 fully saturated rings. The van der Waals surface area contributed by atoms with Crippen LogP contribution in [0.5, 0.6) is 0 Å². The van der Waals surface area contributed by atoms with Crippen molar-refractivity contribution in [3.8, 4) is 0 Å². The second-order valence-electron chi connectivity index (χ2n) is 7.00. The zero-order valence-corrected chi connectivity index (χ0v) is 12.9. The Balaban J connectivity index is 2.34. The van der Waals surface area contributed by atoms with Crippen molar-refractivity contribution in [3.63, 3.8) is 0 Å². The van der Waals surface area contributed by atoms with Gasteiger partial charge in [0, 0.05) is 12.6 Å². The van der Waals surface area contributed by atoms with Gasteiger partial charge in [0.05, 0.1) is 13.2 Å². The molecule has 0 radical (unpaired) electrons. The van der Waals surface area contributed by atoms with Crippen molar-refractivity contribution in [2.75, 3.05) is 26.2 Å². The minimum atomic E-state index is 0.0804. The molecule has 0 aliphatic carbocycles. The van der Waals surface area contributed by atoms with Gasteiger partial charge < -0.3 is 10.4 Å². The molecule has 4 nitrogen and oxygen atoms in total. The third-order valence-electron chi connectivity index (χ3n) is 3.96. The van der Waals surface area contributed by atoms with Gasteiger partial charge in [0.2, 0.25) is 5.91 Å². The van der Waals surface area contributed by atoms with Crippen molar-refractivity contribution in [1.82, 2.24) is 10.2 Å². The average Bonchev–Trinajstić information content (AvgIpc) is 2.27. The number of hydrogen-bond donors (Lipinski definition) is 2. The van der Waals surface area contributed by atoms with E-state index in [4.69, 9.17) is 0 Å². The van der Waals surface area contributed by atoms with Gasteiger partial charge in [-0.1, -0.05) is 27.7 Å². The van der Waals surface area contributed by atoms with E-state index < -0.39 is 0 Å². The first-order valence-corrected chi connectivity index (χ1v) is 7.45. The highest BCUT2D eigenvalue weighted by atomic mass is 16.3. The molecule has 2 atom stereocenters. The molecule has 2 unspecified atom stereocenters. The lowest BCUT2D eigenvalue weighted by molar-refractivity contribution is -0.123. The van der Waals surface area contributed by atoms with E-state index in [1.165, 1.54) is 0 Å². The van der Waals surface area contributed by atoms with E-state index in [2.05, 4.69) is 37.9 Å². The molecule has 1 rings (SSSR count). The normalized spacial score (nSPS) is 25.3. The van der Waals surface area contributed by atoms with Crippen LogP contribution >= 0.6 is 0 Å². The zero-order valence-electron chi connectivity index (χ0n) is 12.9. The fourth-order valence-corrected chi connectivity index (χ4v) is 2.64. The van der Waals surface area contributed by atoms with Crippen LogP contribution in [0, 0.1) is 11.3 Å². The van der Waals surface area contributed by atoms with Crippen LogP contribution in [0.3, 0.4) is 0 Å². The molecule has 0 aromatic rings. The number of piperidine rings is 1. The van der Waals surface area contributed by atoms with Gasteiger partial charge in [-0.3, -0.25) is 9.69 Å². The topological polar surface area (TPSA) is 52.6 Å². The van der Waals surface area contributed by atoms with E-state index in [1.54, 1.807) is 0 Å². The first kappa shape index (κ1) is 16.4. The summed E-state index contributed by atoms with van der Waals surface area (Å²) in [6, 6.07) is 0.141. The molecular formula is C15H30N2O2. The second kappa shape index (κ2) is 7.25. The lowest BCUT2D eigenvalue weighted by atomic mass is 9.91. The standard InChI is InChI=1S/C15H30N2O2/c1-12-6-5-9-17(13(12)11-18)10-14(19)16-8-7-15(2,3)4/h12-13,18H,5-11H2,1-4H3,(H,16,19). The molecular weight excluding hydrogens is 240 g/mol. The largest absolute Gasteiger partial charge is 0.395 e. The molecule has 1 heterocycles. The first-order chi connectivity index (χ1) is 8.83. The van der Waals surface area contributed by atoms with E-state index >= 15 is 0 Å². The molecule has 0 bridgehead atoms. The van der Waals surface area contributed by atoms with Crippen LogP contribution in [0.1, 0.15) is 47.0 Å². The summed E-state index contributed by atoms with van der Waals surface area (Å²) < 4.78 is 0. The minimum absolute atomic E-state index is 0.0804. The minimum Gasteiger partial charge on any atom is -0.395 e. The number of carbonyl (C=O) groups excluding carboxylic acids is 1. The molecule has 0 aromatic heterocycles. The number of carbonyl (C=O) groups is 1. The van der Waals surface area contributed by atoms with Gasteiger partial charge in [-0.15, -0.1) is 0 Å². The van der Waals surface area contributed by atoms with Crippen molar-refractivity contribution in [2.24, 2.45) is 11.3 Å². The van der Waals surface area contributed by atoms with Crippen molar-refractivity contribution in [3.05, 3.63) is 0 Å². The van der Waals surface area contributed by atoms with Crippen LogP contribution in [0.25, 0.3) is 0 Å². The lowest BCUT2D eigenvalue weighted by Gasteiger charge is -2.38. The Morgan fingerprint density at radius 3 is 2.68 bits per heavy atom. The molecule has 4 heteroatoms. The van der Waals surface area contributed by atoms with Crippen LogP contribution < -0.4 is 5.32 Å². The molecule has 1 amide bonds. The maximum absolute atomic E-state index is 11.9. The number of amides is 1. The van der Waals surface area contributed by atoms with E-state index in [0.717, 1.165) is 32.4 Å². The van der Waals surface area contributed by atoms with Gasteiger partial charge >= 0.3 is 0 Å². The number of likely N-dealkylation sites (tertiary alicyclic amines) is 1. The summed E-state index contributed by atoms with van der Waals surface area (Å²) in [5, 5.41) is 12.4. The van der Waals surface area contributed by atoms with Crippen LogP contribution in [-0.4, -0.2) is 48.2 Å². The summed E-state index contributed by atoms with van der Waals surface area (Å²) in [5.41, 5.74) is 0.251. The predicted octanol–water partition coefficient (Wildman–Crippen LogP) is 1.63. The van der Waals surface area contributed by atoms with Crippen LogP contribution in [0.4, 0.5) is 0 Å². The highest BCUT2D eigenvalue weighted by Gasteiger charge is 2.28. The van der Waals surface area contributed by atoms with Crippen molar-refractivity contribution < 1.29 is 9.90 Å². The van der Waals surface area contributed by atoms with Crippen LogP contribution in [0.15, 0.2) is 0 Å². The third-order valence-corrected chi connectivity index (χ3v) is 3.96. The van der Waals surface area contributed by atoms with E-state index in [9.17, 15) is 9.90 Å². The summed E-state index contributed by atoms with van der Waals surface area (Å²) in [7, 11) is 0. The molecule has 112 valence electrons. The highest BCUT2D eigenvalue weighted by molar-refractivity contribution is 5.78. The molecule has 19 heavy (non-hydrogen) atoms. The molecule has 1 aliphatic rings. The van der Waals surface area contributed by atoms with Crippen LogP contribution in [0.2, 0.25) is 0 Å². The van der Waals surface area contributed by atoms with Crippen LogP contribution in [-0.2, 0) is 4.79 Å². The van der Waals surface area contributed by atoms with E-state index in [0.29, 0.717) is 12.5 Å². The third kappa shape index (κ3) is 5.91. The number of nitrogens with zero attached hydrogens (tertiary/aromatic N) is 1. The fourth-order valence-electron chi connectivity index (χ4n) is 2.64. The molecule has 2 N–H and O–H groups in total. The zero-order chi connectivity index (χ0) is 14.5. The SMILES string of the molecule is CC1CCCN(CC(=O)NCCC(C)(C)C)C1CO. The number of rotatable bonds is 5. The van der Waals surface area contributed by atoms with Crippen molar-refractivity contribution in [1.29, 1.82) is 0 Å². The summed E-state index contributed by atoms with van der Waals surface area (Å²) in [6.07, 6.45) is 3.25. The Labute approximate surface area is 117 Å². The fraction of sp³-hybridized carbons (Fsp3) is 0.933. The van der Waals surface area contributed by atoms with Gasteiger partial charge in [-0.2, -0.15) is 0 Å². The van der Waals surface area contributed by atoms with Gasteiger partial charge in [-0.25, -0.2) is 0 Å². The number of hydrogen-bond acceptors (Lipinski definition) is 3. The Bertz CT molecular complexity index is 286. The number of aliphatic hydroxyl groups is 1. The molecule has 0 saturated carbocycles. The Kier molecular flexibility index (Phi) is 6.27. The number of aliphatic hydroxyl groups excluding tert-OH is 1. The van der Waals surface area contributed by atoms with Gasteiger partial charge in [0.1, 0.15) is 0 Å². The van der Waals surface area contributed by atoms with E-state index in [-0.39, 0.29) is 24.0 Å². The van der Waals surface area contributed by atoms with Gasteiger partial charge in [-0.05, 0) is 37.1 Å². The smallest absolute Gasteiger partial charge is 0.234 e. The number of nitrogens with one attached hydrogen (secondary N) is 1. The Morgan fingerprint density at radius 2 is 2.11 bits per heavy atom. The molecule has 1 aliphatic heterocycles. The van der Waals surface area contributed by atoms with Gasteiger partial charge in [0.15, 0.2) is 0 Å². The van der Waals surface area contributed by atoms with Gasteiger partial charge in [0.25, 0.3) is 0 Å². The van der Waals surface area contributed by atoms with Crippen molar-refractivity contribution in [2.45, 2.75) is 53.0 Å². The summed E-state index contributed by atoms with van der Waals surface area (Å²) in [6.45, 7) is 10.9. The second-order valence-corrected chi connectivity index (χ2v) is 7.00. The molecule has 1 saturated heterocycles. The summed E-state index contributed by atoms with van der Waals surface area (Å²) in [4.78, 5) is 14.1. The predicted molar refractivity (Wildman–Crippen MR) is 77.9 cm³/mol. The monoisotopic (exact) mass is 270 g/mol. The quantitative estimate of drug-likeness (QED) is 0.798. The Hall–Kier alpha value is -0.610. The maximum Gasteiger partial charge on any atom is 0.234 e. The van der Waals surface area contributed by atoms with E-state index in [1.807, 2.05) is 0 Å². The highest BCUT2D eigenvalue weighted by Crippen LogP contribution is 2.22. The summed E-state index contributed by atoms with van der Waals surface area (Å²) >= 11 is 0.